The molecule has 3 heterocycles. The van der Waals surface area contributed by atoms with E-state index in [4.69, 9.17) is 4.52 Å². The van der Waals surface area contributed by atoms with Crippen LogP contribution in [0.15, 0.2) is 10.7 Å². The van der Waals surface area contributed by atoms with Crippen molar-refractivity contribution in [1.82, 2.24) is 35.4 Å². The van der Waals surface area contributed by atoms with Gasteiger partial charge < -0.3 is 14.7 Å². The Bertz CT molecular complexity index is 840. The molecule has 1 unspecified atom stereocenters. The fraction of sp³-hybridized carbons (Fsp3) is 0.667. The molecule has 2 aliphatic rings. The maximum absolute atomic E-state index is 12.5. The molecule has 2 fully saturated rings. The number of hydrogen-bond donors (Lipinski definition) is 1. The summed E-state index contributed by atoms with van der Waals surface area (Å²) in [6, 6.07) is 0.320. The summed E-state index contributed by atoms with van der Waals surface area (Å²) in [7, 11) is 0. The molecular formula is C18H25N7O3. The Morgan fingerprint density at radius 1 is 1.32 bits per heavy atom. The van der Waals surface area contributed by atoms with Crippen molar-refractivity contribution < 1.29 is 14.1 Å². The molecule has 10 nitrogen and oxygen atoms in total. The summed E-state index contributed by atoms with van der Waals surface area (Å²) in [5.41, 5.74) is 0.497. The van der Waals surface area contributed by atoms with E-state index in [2.05, 4.69) is 25.8 Å². The molecule has 2 aromatic heterocycles. The number of hydrogen-bond acceptors (Lipinski definition) is 7. The van der Waals surface area contributed by atoms with E-state index in [1.807, 2.05) is 4.90 Å². The molecule has 0 spiro atoms. The van der Waals surface area contributed by atoms with Gasteiger partial charge in [0.05, 0.1) is 18.7 Å². The van der Waals surface area contributed by atoms with Crippen LogP contribution in [0.3, 0.4) is 0 Å². The molecule has 150 valence electrons. The van der Waals surface area contributed by atoms with Crippen molar-refractivity contribution in [2.75, 3.05) is 13.1 Å². The van der Waals surface area contributed by atoms with Gasteiger partial charge >= 0.3 is 0 Å². The Morgan fingerprint density at radius 2 is 2.14 bits per heavy atom. The first-order valence-electron chi connectivity index (χ1n) is 9.88. The number of nitrogens with one attached hydrogen (secondary N) is 1. The van der Waals surface area contributed by atoms with E-state index in [1.54, 1.807) is 17.8 Å². The number of amides is 2. The van der Waals surface area contributed by atoms with Crippen molar-refractivity contribution in [2.24, 2.45) is 5.92 Å². The zero-order valence-corrected chi connectivity index (χ0v) is 16.0. The predicted octanol–water partition coefficient (Wildman–Crippen LogP) is 0.934. The summed E-state index contributed by atoms with van der Waals surface area (Å²) in [6.07, 6.45) is 7.74. The largest absolute Gasteiger partial charge is 0.354 e. The molecule has 10 heteroatoms. The molecule has 1 aliphatic heterocycles. The van der Waals surface area contributed by atoms with Crippen molar-refractivity contribution in [2.45, 2.75) is 58.0 Å². The summed E-state index contributed by atoms with van der Waals surface area (Å²) >= 11 is 0. The number of aromatic nitrogens is 5. The molecule has 1 saturated carbocycles. The van der Waals surface area contributed by atoms with Crippen LogP contribution in [0.1, 0.15) is 44.3 Å². The third-order valence-electron chi connectivity index (χ3n) is 5.47. The van der Waals surface area contributed by atoms with Gasteiger partial charge in [-0.3, -0.25) is 9.59 Å². The van der Waals surface area contributed by atoms with Gasteiger partial charge in [-0.15, -0.1) is 5.10 Å². The van der Waals surface area contributed by atoms with Crippen LogP contribution in [0.4, 0.5) is 0 Å². The highest BCUT2D eigenvalue weighted by molar-refractivity contribution is 5.89. The summed E-state index contributed by atoms with van der Waals surface area (Å²) in [4.78, 5) is 30.8. The van der Waals surface area contributed by atoms with Gasteiger partial charge in [0, 0.05) is 25.6 Å². The predicted molar refractivity (Wildman–Crippen MR) is 97.8 cm³/mol. The zero-order chi connectivity index (χ0) is 19.5. The number of carbonyl (C=O) groups excluding carboxylic acids is 2. The minimum absolute atomic E-state index is 0.0699. The fourth-order valence-corrected chi connectivity index (χ4v) is 4.00. The molecule has 1 aliphatic carbocycles. The molecule has 1 N–H and O–H groups in total. The second kappa shape index (κ2) is 8.07. The van der Waals surface area contributed by atoms with Crippen molar-refractivity contribution in [1.29, 1.82) is 0 Å². The quantitative estimate of drug-likeness (QED) is 0.783. The van der Waals surface area contributed by atoms with E-state index < -0.39 is 0 Å². The van der Waals surface area contributed by atoms with Crippen LogP contribution in [0, 0.1) is 12.8 Å². The van der Waals surface area contributed by atoms with Gasteiger partial charge in [0.15, 0.2) is 11.5 Å². The molecule has 28 heavy (non-hydrogen) atoms. The topological polar surface area (TPSA) is 119 Å². The highest BCUT2D eigenvalue weighted by atomic mass is 16.5. The normalized spacial score (nSPS) is 20.7. The van der Waals surface area contributed by atoms with Crippen molar-refractivity contribution in [3.8, 4) is 11.6 Å². The lowest BCUT2D eigenvalue weighted by Crippen LogP contribution is -2.39. The van der Waals surface area contributed by atoms with Gasteiger partial charge in [-0.2, -0.15) is 4.98 Å². The van der Waals surface area contributed by atoms with Gasteiger partial charge in [0.1, 0.15) is 0 Å². The van der Waals surface area contributed by atoms with Crippen LogP contribution in [0.5, 0.6) is 0 Å². The van der Waals surface area contributed by atoms with E-state index in [0.717, 1.165) is 12.8 Å². The number of likely N-dealkylation sites (tertiary alicyclic amines) is 1. The lowest BCUT2D eigenvalue weighted by atomic mass is 9.94. The van der Waals surface area contributed by atoms with E-state index in [1.165, 1.54) is 19.3 Å². The first-order chi connectivity index (χ1) is 13.6. The number of carbonyl (C=O) groups is 2. The molecule has 4 rings (SSSR count). The van der Waals surface area contributed by atoms with E-state index in [9.17, 15) is 9.59 Å². The van der Waals surface area contributed by atoms with Gasteiger partial charge in [-0.25, -0.2) is 4.68 Å². The SMILES string of the molecule is Cc1noc(-c2cn(CCNC(=O)C3CC(=O)N(C4CCCCC4)C3)nn2)n1. The zero-order valence-electron chi connectivity index (χ0n) is 16.0. The third-order valence-corrected chi connectivity index (χ3v) is 5.47. The Morgan fingerprint density at radius 3 is 2.89 bits per heavy atom. The van der Waals surface area contributed by atoms with Crippen LogP contribution >= 0.6 is 0 Å². The summed E-state index contributed by atoms with van der Waals surface area (Å²) in [5, 5.41) is 14.6. The van der Waals surface area contributed by atoms with Crippen LogP contribution in [-0.2, 0) is 16.1 Å². The van der Waals surface area contributed by atoms with Gasteiger partial charge in [0.2, 0.25) is 11.8 Å². The molecule has 2 amide bonds. The van der Waals surface area contributed by atoms with Gasteiger partial charge in [-0.1, -0.05) is 29.6 Å². The number of rotatable bonds is 6. The van der Waals surface area contributed by atoms with Crippen molar-refractivity contribution in [3.63, 3.8) is 0 Å². The third kappa shape index (κ3) is 4.05. The minimum Gasteiger partial charge on any atom is -0.354 e. The van der Waals surface area contributed by atoms with Crippen LogP contribution in [0.25, 0.3) is 11.6 Å². The maximum atomic E-state index is 12.5. The summed E-state index contributed by atoms with van der Waals surface area (Å²) in [5.74, 6) is 0.634. The maximum Gasteiger partial charge on any atom is 0.280 e. The summed E-state index contributed by atoms with van der Waals surface area (Å²) in [6.45, 7) is 3.16. The number of nitrogens with zero attached hydrogens (tertiary/aromatic N) is 6. The van der Waals surface area contributed by atoms with Crippen LogP contribution in [0.2, 0.25) is 0 Å². The Labute approximate surface area is 162 Å². The van der Waals surface area contributed by atoms with Crippen molar-refractivity contribution in [3.05, 3.63) is 12.0 Å². The molecule has 0 bridgehead atoms. The molecule has 0 aromatic carbocycles. The fourth-order valence-electron chi connectivity index (χ4n) is 4.00. The molecular weight excluding hydrogens is 362 g/mol. The van der Waals surface area contributed by atoms with Gasteiger partial charge in [0.25, 0.3) is 5.89 Å². The first kappa shape index (κ1) is 18.6. The first-order valence-corrected chi connectivity index (χ1v) is 9.88. The van der Waals surface area contributed by atoms with E-state index in [0.29, 0.717) is 49.5 Å². The standard InChI is InChI=1S/C18H25N7O3/c1-12-20-18(28-22-12)15-11-24(23-21-15)8-7-19-17(27)13-9-16(26)25(10-13)14-5-3-2-4-6-14/h11,13-14H,2-10H2,1H3,(H,19,27). The highest BCUT2D eigenvalue weighted by Gasteiger charge is 2.37. The lowest BCUT2D eigenvalue weighted by Gasteiger charge is -2.31. The van der Waals surface area contributed by atoms with Crippen molar-refractivity contribution >= 4 is 11.8 Å². The number of aryl methyl sites for hydroxylation is 1. The molecule has 2 aromatic rings. The van der Waals surface area contributed by atoms with Gasteiger partial charge in [-0.05, 0) is 19.8 Å². The Hall–Kier alpha value is -2.78. The Kier molecular flexibility index (Phi) is 5.36. The van der Waals surface area contributed by atoms with E-state index in [-0.39, 0.29) is 17.7 Å². The molecule has 1 saturated heterocycles. The molecule has 1 atom stereocenters. The van der Waals surface area contributed by atoms with Crippen LogP contribution < -0.4 is 5.32 Å². The summed E-state index contributed by atoms with van der Waals surface area (Å²) < 4.78 is 6.68. The minimum atomic E-state index is -0.262. The second-order valence-corrected chi connectivity index (χ2v) is 7.54. The second-order valence-electron chi connectivity index (χ2n) is 7.54. The Balaban J connectivity index is 1.25. The smallest absolute Gasteiger partial charge is 0.280 e. The van der Waals surface area contributed by atoms with E-state index >= 15 is 0 Å². The average Bonchev–Trinajstić information content (AvgIpc) is 3.42. The average molecular weight is 387 g/mol. The lowest BCUT2D eigenvalue weighted by molar-refractivity contribution is -0.130. The molecule has 0 radical (unpaired) electrons. The van der Waals surface area contributed by atoms with Crippen LogP contribution in [-0.4, -0.2) is 61.0 Å². The highest BCUT2D eigenvalue weighted by Crippen LogP contribution is 2.28. The monoisotopic (exact) mass is 387 g/mol.